The summed E-state index contributed by atoms with van der Waals surface area (Å²) in [6, 6.07) is 1.17. The summed E-state index contributed by atoms with van der Waals surface area (Å²) in [5.74, 6) is 0. The molecule has 1 aromatic heterocycles. The van der Waals surface area contributed by atoms with Gasteiger partial charge in [-0.3, -0.25) is 4.98 Å². The minimum Gasteiger partial charge on any atom is -0.263 e. The molecule has 0 bridgehead atoms. The van der Waals surface area contributed by atoms with Crippen molar-refractivity contribution >= 4 is 19.7 Å². The summed E-state index contributed by atoms with van der Waals surface area (Å²) >= 11 is 0. The highest BCUT2D eigenvalue weighted by molar-refractivity contribution is 7.93. The summed E-state index contributed by atoms with van der Waals surface area (Å²) < 4.78 is 44.8. The minimum atomic E-state index is -3.56. The van der Waals surface area contributed by atoms with E-state index in [4.69, 9.17) is 0 Å². The molecule has 0 atom stereocenters. The zero-order valence-electron chi connectivity index (χ0n) is 7.63. The number of aromatic nitrogens is 1. The van der Waals surface area contributed by atoms with Gasteiger partial charge in [0.1, 0.15) is 4.90 Å². The number of rotatable bonds is 2. The highest BCUT2D eigenvalue weighted by Gasteiger charge is 2.19. The highest BCUT2D eigenvalue weighted by atomic mass is 32.2. The first-order valence-electron chi connectivity index (χ1n) is 3.57. The summed E-state index contributed by atoms with van der Waals surface area (Å²) in [5.41, 5.74) is 0. The Balaban J connectivity index is 3.64. The van der Waals surface area contributed by atoms with Gasteiger partial charge in [-0.05, 0) is 6.07 Å². The van der Waals surface area contributed by atoms with Crippen LogP contribution in [-0.2, 0) is 19.7 Å². The Kier molecular flexibility index (Phi) is 2.64. The van der Waals surface area contributed by atoms with Crippen LogP contribution in [0.25, 0.3) is 0 Å². The zero-order chi connectivity index (χ0) is 11.0. The van der Waals surface area contributed by atoms with E-state index in [0.717, 1.165) is 18.7 Å². The van der Waals surface area contributed by atoms with Gasteiger partial charge in [-0.2, -0.15) is 0 Å². The van der Waals surface area contributed by atoms with Crippen LogP contribution in [0.1, 0.15) is 0 Å². The average Bonchev–Trinajstić information content (AvgIpc) is 2.01. The van der Waals surface area contributed by atoms with Crippen LogP contribution in [0, 0.1) is 0 Å². The number of nitrogens with zero attached hydrogens (tertiary/aromatic N) is 1. The number of sulfone groups is 2. The average molecular weight is 235 g/mol. The van der Waals surface area contributed by atoms with Crippen LogP contribution in [0.4, 0.5) is 0 Å². The molecule has 0 saturated carbocycles. The van der Waals surface area contributed by atoms with E-state index in [1.54, 1.807) is 0 Å². The van der Waals surface area contributed by atoms with Crippen molar-refractivity contribution in [3.63, 3.8) is 0 Å². The van der Waals surface area contributed by atoms with E-state index in [-0.39, 0.29) is 9.79 Å². The molecule has 0 fully saturated rings. The van der Waals surface area contributed by atoms with Gasteiger partial charge >= 0.3 is 0 Å². The van der Waals surface area contributed by atoms with Gasteiger partial charge in [-0.25, -0.2) is 16.8 Å². The van der Waals surface area contributed by atoms with Crippen molar-refractivity contribution in [1.82, 2.24) is 4.98 Å². The fourth-order valence-electron chi connectivity index (χ4n) is 0.952. The van der Waals surface area contributed by atoms with E-state index < -0.39 is 19.7 Å². The molecule has 78 valence electrons. The molecule has 0 amide bonds. The first-order chi connectivity index (χ1) is 6.23. The fraction of sp³-hybridized carbons (Fsp3) is 0.286. The predicted octanol–water partition coefficient (Wildman–Crippen LogP) is -0.111. The van der Waals surface area contributed by atoms with Crippen LogP contribution >= 0.6 is 0 Å². The van der Waals surface area contributed by atoms with Gasteiger partial charge in [-0.15, -0.1) is 0 Å². The molecule has 0 aliphatic carbocycles. The Morgan fingerprint density at radius 2 is 1.50 bits per heavy atom. The van der Waals surface area contributed by atoms with E-state index in [0.29, 0.717) is 0 Å². The molecular formula is C7H9NO4S2. The van der Waals surface area contributed by atoms with Crippen LogP contribution < -0.4 is 0 Å². The minimum absolute atomic E-state index is 0.213. The molecule has 0 aliphatic rings. The molecule has 7 heteroatoms. The molecule has 0 aliphatic heterocycles. The number of pyridine rings is 1. The highest BCUT2D eigenvalue weighted by Crippen LogP contribution is 2.18. The first kappa shape index (κ1) is 11.1. The third-order valence-electron chi connectivity index (χ3n) is 1.55. The normalized spacial score (nSPS) is 12.7. The molecule has 14 heavy (non-hydrogen) atoms. The molecule has 0 aromatic carbocycles. The third-order valence-corrected chi connectivity index (χ3v) is 3.95. The van der Waals surface area contributed by atoms with Gasteiger partial charge in [0.15, 0.2) is 19.7 Å². The molecule has 1 aromatic rings. The lowest BCUT2D eigenvalue weighted by Crippen LogP contribution is -2.07. The molecule has 0 radical (unpaired) electrons. The maximum atomic E-state index is 11.2. The van der Waals surface area contributed by atoms with Gasteiger partial charge in [0, 0.05) is 24.9 Å². The third kappa shape index (κ3) is 2.30. The van der Waals surface area contributed by atoms with Crippen molar-refractivity contribution in [1.29, 1.82) is 0 Å². The summed E-state index contributed by atoms with van der Waals surface area (Å²) in [6.07, 6.45) is 4.17. The monoisotopic (exact) mass is 235 g/mol. The standard InChI is InChI=1S/C7H9NO4S2/c1-13(9,10)6-3-4-8-5-7(6)14(2,11)12/h3-5H,1-2H3. The topological polar surface area (TPSA) is 81.2 Å². The fourth-order valence-corrected chi connectivity index (χ4v) is 3.27. The maximum absolute atomic E-state index is 11.2. The second-order valence-corrected chi connectivity index (χ2v) is 6.84. The smallest absolute Gasteiger partial charge is 0.178 e. The molecule has 0 saturated heterocycles. The van der Waals surface area contributed by atoms with Crippen molar-refractivity contribution in [2.24, 2.45) is 0 Å². The van der Waals surface area contributed by atoms with Crippen LogP contribution in [0.2, 0.25) is 0 Å². The summed E-state index contributed by atoms with van der Waals surface area (Å²) in [6.45, 7) is 0. The van der Waals surface area contributed by atoms with Crippen LogP contribution in [0.15, 0.2) is 28.3 Å². The van der Waals surface area contributed by atoms with Crippen molar-refractivity contribution < 1.29 is 16.8 Å². The van der Waals surface area contributed by atoms with Crippen molar-refractivity contribution in [3.05, 3.63) is 18.5 Å². The largest absolute Gasteiger partial charge is 0.263 e. The van der Waals surface area contributed by atoms with Crippen LogP contribution in [0.5, 0.6) is 0 Å². The summed E-state index contributed by atoms with van der Waals surface area (Å²) in [7, 11) is -7.09. The number of hydrogen-bond donors (Lipinski definition) is 0. The molecule has 1 rings (SSSR count). The second-order valence-electron chi connectivity index (χ2n) is 2.87. The predicted molar refractivity (Wildman–Crippen MR) is 50.5 cm³/mol. The van der Waals surface area contributed by atoms with E-state index in [9.17, 15) is 16.8 Å². The maximum Gasteiger partial charge on any atom is 0.178 e. The van der Waals surface area contributed by atoms with Gasteiger partial charge in [-0.1, -0.05) is 0 Å². The molecule has 5 nitrogen and oxygen atoms in total. The Labute approximate surface area is 82.6 Å². The van der Waals surface area contributed by atoms with Crippen LogP contribution in [0.3, 0.4) is 0 Å². The Bertz CT molecular complexity index is 494. The van der Waals surface area contributed by atoms with Crippen LogP contribution in [-0.4, -0.2) is 34.3 Å². The Hall–Kier alpha value is -0.950. The first-order valence-corrected chi connectivity index (χ1v) is 7.35. The second kappa shape index (κ2) is 3.32. The lowest BCUT2D eigenvalue weighted by molar-refractivity contribution is 0.588. The Morgan fingerprint density at radius 3 is 1.86 bits per heavy atom. The molecule has 0 unspecified atom stereocenters. The molecular weight excluding hydrogens is 226 g/mol. The van der Waals surface area contributed by atoms with Crippen molar-refractivity contribution in [3.8, 4) is 0 Å². The van der Waals surface area contributed by atoms with E-state index in [1.165, 1.54) is 12.3 Å². The lowest BCUT2D eigenvalue weighted by Gasteiger charge is -2.03. The van der Waals surface area contributed by atoms with Crippen molar-refractivity contribution in [2.45, 2.75) is 9.79 Å². The Morgan fingerprint density at radius 1 is 1.00 bits per heavy atom. The summed E-state index contributed by atoms with van der Waals surface area (Å²) in [4.78, 5) is 3.11. The van der Waals surface area contributed by atoms with Crippen molar-refractivity contribution in [2.75, 3.05) is 12.5 Å². The molecule has 1 heterocycles. The SMILES string of the molecule is CS(=O)(=O)c1ccncc1S(C)(=O)=O. The van der Waals surface area contributed by atoms with Gasteiger partial charge in [0.05, 0.1) is 4.90 Å². The zero-order valence-corrected chi connectivity index (χ0v) is 9.26. The quantitative estimate of drug-likeness (QED) is 0.714. The van der Waals surface area contributed by atoms with E-state index >= 15 is 0 Å². The molecule has 0 N–H and O–H groups in total. The summed E-state index contributed by atoms with van der Waals surface area (Å²) in [5, 5.41) is 0. The van der Waals surface area contributed by atoms with Gasteiger partial charge in [0.25, 0.3) is 0 Å². The van der Waals surface area contributed by atoms with E-state index in [2.05, 4.69) is 4.98 Å². The van der Waals surface area contributed by atoms with Gasteiger partial charge in [0.2, 0.25) is 0 Å². The van der Waals surface area contributed by atoms with E-state index in [1.807, 2.05) is 0 Å². The van der Waals surface area contributed by atoms with Gasteiger partial charge < -0.3 is 0 Å². The molecule has 0 spiro atoms. The number of hydrogen-bond acceptors (Lipinski definition) is 5. The lowest BCUT2D eigenvalue weighted by atomic mass is 10.5.